The van der Waals surface area contributed by atoms with E-state index in [1.165, 1.54) is 12.1 Å². The first kappa shape index (κ1) is 24.0. The summed E-state index contributed by atoms with van der Waals surface area (Å²) in [6, 6.07) is 6.50. The molecule has 3 N–H and O–H groups in total. The third kappa shape index (κ3) is 3.78. The van der Waals surface area contributed by atoms with Crippen molar-refractivity contribution in [2.24, 2.45) is 28.5 Å². The van der Waals surface area contributed by atoms with Crippen LogP contribution in [0.25, 0.3) is 0 Å². The number of fused-ring (bicyclic) bond motifs is 2. The molecule has 10 heteroatoms. The first-order valence-corrected chi connectivity index (χ1v) is 12.8. The highest BCUT2D eigenvalue weighted by Crippen LogP contribution is 2.56. The SMILES string of the molecule is C[C@H]1COCC2C[C@@]3(C(N)=N[C@](C)(c4cc(NC(=O)c5ccc(F)cc5F)ccc4F)CS3=O)[C@H]21. The first-order valence-electron chi connectivity index (χ1n) is 11.4. The number of carbonyl (C=O) groups excluding carboxylic acids is 1. The number of nitrogens with one attached hydrogen (secondary N) is 1. The number of hydrogen-bond acceptors (Lipinski definition) is 5. The predicted octanol–water partition coefficient (Wildman–Crippen LogP) is 3.73. The van der Waals surface area contributed by atoms with Crippen molar-refractivity contribution >= 4 is 28.2 Å². The van der Waals surface area contributed by atoms with E-state index in [9.17, 15) is 17.8 Å². The number of rotatable bonds is 3. The summed E-state index contributed by atoms with van der Waals surface area (Å²) in [5.74, 6) is -2.30. The maximum atomic E-state index is 15.0. The molecule has 1 spiro atoms. The summed E-state index contributed by atoms with van der Waals surface area (Å²) in [5, 5.41) is 2.51. The molecule has 3 aliphatic rings. The van der Waals surface area contributed by atoms with Gasteiger partial charge in [-0.05, 0) is 61.4 Å². The minimum absolute atomic E-state index is 0.0748. The molecule has 1 aliphatic carbocycles. The summed E-state index contributed by atoms with van der Waals surface area (Å²) in [4.78, 5) is 17.2. The van der Waals surface area contributed by atoms with Crippen LogP contribution in [-0.4, -0.2) is 39.7 Å². The van der Waals surface area contributed by atoms with Crippen molar-refractivity contribution in [2.75, 3.05) is 24.3 Å². The van der Waals surface area contributed by atoms with Crippen molar-refractivity contribution in [1.82, 2.24) is 0 Å². The van der Waals surface area contributed by atoms with Gasteiger partial charge >= 0.3 is 0 Å². The zero-order valence-corrected chi connectivity index (χ0v) is 20.1. The molecule has 6 atom stereocenters. The van der Waals surface area contributed by atoms with E-state index in [1.54, 1.807) is 6.92 Å². The van der Waals surface area contributed by atoms with Gasteiger partial charge < -0.3 is 15.8 Å². The van der Waals surface area contributed by atoms with Crippen LogP contribution in [0.5, 0.6) is 0 Å². The van der Waals surface area contributed by atoms with E-state index in [1.807, 2.05) is 0 Å². The van der Waals surface area contributed by atoms with Gasteiger partial charge in [0.1, 0.15) is 28.0 Å². The Balaban J connectivity index is 1.45. The van der Waals surface area contributed by atoms with Crippen molar-refractivity contribution in [3.05, 3.63) is 65.0 Å². The lowest BCUT2D eigenvalue weighted by atomic mass is 9.58. The number of ether oxygens (including phenoxy) is 1. The molecule has 2 aromatic carbocycles. The Morgan fingerprint density at radius 3 is 2.63 bits per heavy atom. The summed E-state index contributed by atoms with van der Waals surface area (Å²) < 4.78 is 60.8. The Morgan fingerprint density at radius 1 is 1.17 bits per heavy atom. The van der Waals surface area contributed by atoms with Gasteiger partial charge in [-0.1, -0.05) is 6.92 Å². The summed E-state index contributed by atoms with van der Waals surface area (Å²) >= 11 is 0. The lowest BCUT2D eigenvalue weighted by Gasteiger charge is -2.60. The van der Waals surface area contributed by atoms with Gasteiger partial charge in [0.25, 0.3) is 5.91 Å². The van der Waals surface area contributed by atoms with Gasteiger partial charge in [-0.2, -0.15) is 0 Å². The summed E-state index contributed by atoms with van der Waals surface area (Å²) in [7, 11) is -1.41. The average Bonchev–Trinajstić information content (AvgIpc) is 2.75. The molecular weight excluding hydrogens is 479 g/mol. The zero-order chi connectivity index (χ0) is 25.1. The minimum Gasteiger partial charge on any atom is -0.386 e. The lowest BCUT2D eigenvalue weighted by Crippen LogP contribution is -2.71. The largest absolute Gasteiger partial charge is 0.386 e. The molecule has 1 saturated carbocycles. The van der Waals surface area contributed by atoms with E-state index < -0.39 is 44.4 Å². The summed E-state index contributed by atoms with van der Waals surface area (Å²) in [6.45, 7) is 4.92. The Hall–Kier alpha value is -2.72. The second kappa shape index (κ2) is 8.44. The van der Waals surface area contributed by atoms with Gasteiger partial charge in [-0.15, -0.1) is 0 Å². The number of hydrogen-bond donors (Lipinski definition) is 2. The van der Waals surface area contributed by atoms with Crippen LogP contribution in [0.4, 0.5) is 18.9 Å². The normalized spacial score (nSPS) is 34.0. The molecule has 5 rings (SSSR count). The number of halogens is 3. The molecule has 0 radical (unpaired) electrons. The van der Waals surface area contributed by atoms with E-state index in [2.05, 4.69) is 12.2 Å². The molecule has 2 aromatic rings. The topological polar surface area (TPSA) is 93.8 Å². The highest BCUT2D eigenvalue weighted by Gasteiger charge is 2.65. The van der Waals surface area contributed by atoms with Crippen LogP contribution < -0.4 is 11.1 Å². The Bertz CT molecular complexity index is 1270. The Labute approximate surface area is 203 Å². The minimum atomic E-state index is -1.41. The van der Waals surface area contributed by atoms with E-state index in [0.717, 1.165) is 18.2 Å². The second-order valence-corrected chi connectivity index (χ2v) is 11.6. The van der Waals surface area contributed by atoms with Gasteiger partial charge in [0.2, 0.25) is 0 Å². The standard InChI is InChI=1S/C25H26F3N3O3S/c1-13-10-34-11-14-9-25(21(13)14)23(29)31-24(2,12-35(25)33)18-8-16(4-6-19(18)27)30-22(32)17-5-3-15(26)7-20(17)28/h3-8,13-14,21H,9-12H2,1-2H3,(H2,29,31)(H,30,32)/t13-,14?,21-,24-,25-,35?/m0/s1. The van der Waals surface area contributed by atoms with Crippen molar-refractivity contribution in [1.29, 1.82) is 0 Å². The number of nitrogens with zero attached hydrogens (tertiary/aromatic N) is 1. The molecular formula is C25H26F3N3O3S. The predicted molar refractivity (Wildman–Crippen MR) is 127 cm³/mol. The van der Waals surface area contributed by atoms with Crippen LogP contribution in [0.15, 0.2) is 41.4 Å². The lowest BCUT2D eigenvalue weighted by molar-refractivity contribution is -0.0799. The second-order valence-electron chi connectivity index (χ2n) is 9.93. The Kier molecular flexibility index (Phi) is 5.79. The van der Waals surface area contributed by atoms with E-state index in [0.29, 0.717) is 25.7 Å². The maximum absolute atomic E-state index is 15.0. The van der Waals surface area contributed by atoms with Crippen molar-refractivity contribution < 1.29 is 26.9 Å². The number of nitrogens with two attached hydrogens (primary N) is 1. The number of amides is 1. The number of carbonyl (C=O) groups is 1. The van der Waals surface area contributed by atoms with Crippen LogP contribution >= 0.6 is 0 Å². The third-order valence-corrected chi connectivity index (χ3v) is 9.82. The molecule has 0 aromatic heterocycles. The van der Waals surface area contributed by atoms with Crippen molar-refractivity contribution in [2.45, 2.75) is 30.6 Å². The van der Waals surface area contributed by atoms with Gasteiger partial charge in [-0.3, -0.25) is 14.0 Å². The van der Waals surface area contributed by atoms with Crippen LogP contribution in [0.3, 0.4) is 0 Å². The van der Waals surface area contributed by atoms with Crippen LogP contribution in [0, 0.1) is 35.2 Å². The van der Waals surface area contributed by atoms with Crippen molar-refractivity contribution in [3.8, 4) is 0 Å². The number of benzene rings is 2. The molecule has 35 heavy (non-hydrogen) atoms. The monoisotopic (exact) mass is 505 g/mol. The van der Waals surface area contributed by atoms with Crippen molar-refractivity contribution in [3.63, 3.8) is 0 Å². The molecule has 0 bridgehead atoms. The van der Waals surface area contributed by atoms with Gasteiger partial charge in [0, 0.05) is 41.3 Å². The maximum Gasteiger partial charge on any atom is 0.258 e. The number of anilines is 1. The third-order valence-electron chi connectivity index (χ3n) is 7.54. The fraction of sp³-hybridized carbons (Fsp3) is 0.440. The Morgan fingerprint density at radius 2 is 1.94 bits per heavy atom. The van der Waals surface area contributed by atoms with Crippen LogP contribution in [0.2, 0.25) is 0 Å². The van der Waals surface area contributed by atoms with E-state index >= 15 is 4.39 Å². The summed E-state index contributed by atoms with van der Waals surface area (Å²) in [6.07, 6.45) is 0.627. The average molecular weight is 506 g/mol. The molecule has 2 aliphatic heterocycles. The quantitative estimate of drug-likeness (QED) is 0.665. The highest BCUT2D eigenvalue weighted by molar-refractivity contribution is 7.87. The number of aliphatic imine (C=N–C) groups is 1. The first-order chi connectivity index (χ1) is 16.5. The van der Waals surface area contributed by atoms with Crippen LogP contribution in [0.1, 0.15) is 36.2 Å². The molecule has 2 unspecified atom stereocenters. The van der Waals surface area contributed by atoms with Gasteiger partial charge in [0.05, 0.1) is 16.9 Å². The molecule has 6 nitrogen and oxygen atoms in total. The molecule has 1 amide bonds. The van der Waals surface area contributed by atoms with Gasteiger partial charge in [0.15, 0.2) is 0 Å². The van der Waals surface area contributed by atoms with E-state index in [-0.39, 0.29) is 46.2 Å². The number of amidine groups is 1. The highest BCUT2D eigenvalue weighted by atomic mass is 32.2. The zero-order valence-electron chi connectivity index (χ0n) is 19.3. The fourth-order valence-electron chi connectivity index (χ4n) is 5.91. The fourth-order valence-corrected chi connectivity index (χ4v) is 8.30. The molecule has 186 valence electrons. The van der Waals surface area contributed by atoms with E-state index in [4.69, 9.17) is 15.5 Å². The molecule has 2 fully saturated rings. The summed E-state index contributed by atoms with van der Waals surface area (Å²) in [5.41, 5.74) is 5.22. The molecule has 2 heterocycles. The molecule has 1 saturated heterocycles. The van der Waals surface area contributed by atoms with Crippen LogP contribution in [-0.2, 0) is 21.1 Å². The smallest absolute Gasteiger partial charge is 0.258 e. The van der Waals surface area contributed by atoms with Gasteiger partial charge in [-0.25, -0.2) is 13.2 Å².